The second kappa shape index (κ2) is 10.4. The van der Waals surface area contributed by atoms with Gasteiger partial charge >= 0.3 is 0 Å². The Bertz CT molecular complexity index is 1170. The molecule has 1 N–H and O–H groups in total. The zero-order valence-electron chi connectivity index (χ0n) is 18.3. The molecule has 1 aliphatic rings. The lowest BCUT2D eigenvalue weighted by Crippen LogP contribution is -2.37. The number of methoxy groups -OCH3 is 1. The largest absolute Gasteiger partial charge is 0.497 e. The minimum atomic E-state index is -3.64. The molecule has 7 nitrogen and oxygen atoms in total. The second-order valence-electron chi connectivity index (χ2n) is 7.79. The number of hydrogen-bond acceptors (Lipinski definition) is 6. The van der Waals surface area contributed by atoms with Crippen LogP contribution in [0.1, 0.15) is 28.8 Å². The van der Waals surface area contributed by atoms with Crippen LogP contribution in [0.2, 0.25) is 0 Å². The predicted octanol–water partition coefficient (Wildman–Crippen LogP) is 4.38. The number of ether oxygens (including phenoxy) is 2. The van der Waals surface area contributed by atoms with Gasteiger partial charge in [0, 0.05) is 30.9 Å². The van der Waals surface area contributed by atoms with Gasteiger partial charge in [0.2, 0.25) is 0 Å². The van der Waals surface area contributed by atoms with Gasteiger partial charge in [0.1, 0.15) is 9.96 Å². The quantitative estimate of drug-likeness (QED) is 0.485. The number of benzene rings is 2. The molecule has 174 valence electrons. The Labute approximate surface area is 198 Å². The molecule has 1 amide bonds. The first-order valence-electron chi connectivity index (χ1n) is 10.6. The normalized spacial score (nSPS) is 15.8. The van der Waals surface area contributed by atoms with Crippen molar-refractivity contribution in [2.24, 2.45) is 0 Å². The summed E-state index contributed by atoms with van der Waals surface area (Å²) >= 11 is 1.15. The number of thiophene rings is 1. The first-order chi connectivity index (χ1) is 15.9. The van der Waals surface area contributed by atoms with E-state index < -0.39 is 10.0 Å². The van der Waals surface area contributed by atoms with Gasteiger partial charge in [0.15, 0.2) is 0 Å². The molecule has 9 heteroatoms. The van der Waals surface area contributed by atoms with E-state index >= 15 is 0 Å². The van der Waals surface area contributed by atoms with Crippen LogP contribution in [0.25, 0.3) is 0 Å². The van der Waals surface area contributed by atoms with Gasteiger partial charge in [0.25, 0.3) is 15.9 Å². The van der Waals surface area contributed by atoms with Crippen LogP contribution in [-0.2, 0) is 21.3 Å². The number of nitrogens with one attached hydrogen (secondary N) is 1. The van der Waals surface area contributed by atoms with Crippen LogP contribution in [0.4, 0.5) is 5.69 Å². The highest BCUT2D eigenvalue weighted by Gasteiger charge is 2.24. The van der Waals surface area contributed by atoms with E-state index in [0.717, 1.165) is 35.5 Å². The molecule has 3 aromatic rings. The number of rotatable bonds is 9. The molecule has 2 aromatic carbocycles. The summed E-state index contributed by atoms with van der Waals surface area (Å²) in [7, 11) is -2.02. The van der Waals surface area contributed by atoms with E-state index in [0.29, 0.717) is 30.9 Å². The topological polar surface area (TPSA) is 84.9 Å². The number of anilines is 1. The van der Waals surface area contributed by atoms with E-state index in [4.69, 9.17) is 9.47 Å². The highest BCUT2D eigenvalue weighted by molar-refractivity contribution is 7.94. The van der Waals surface area contributed by atoms with Crippen LogP contribution >= 0.6 is 11.3 Å². The smallest absolute Gasteiger partial charge is 0.271 e. The zero-order valence-corrected chi connectivity index (χ0v) is 19.9. The highest BCUT2D eigenvalue weighted by atomic mass is 32.2. The second-order valence-corrected chi connectivity index (χ2v) is 10.6. The van der Waals surface area contributed by atoms with Gasteiger partial charge in [-0.05, 0) is 66.2 Å². The van der Waals surface area contributed by atoms with Gasteiger partial charge in [-0.3, -0.25) is 9.52 Å². The fraction of sp³-hybridized carbons (Fsp3) is 0.292. The summed E-state index contributed by atoms with van der Waals surface area (Å²) in [6.07, 6.45) is 1.92. The van der Waals surface area contributed by atoms with Crippen LogP contribution in [-0.4, -0.2) is 45.6 Å². The summed E-state index contributed by atoms with van der Waals surface area (Å²) in [6.45, 7) is 1.62. The number of sulfonamides is 1. The number of nitrogens with zero attached hydrogens (tertiary/aromatic N) is 1. The van der Waals surface area contributed by atoms with Crippen molar-refractivity contribution in [2.45, 2.75) is 29.7 Å². The first kappa shape index (κ1) is 23.3. The molecule has 0 saturated carbocycles. The molecule has 1 unspecified atom stereocenters. The van der Waals surface area contributed by atoms with Crippen molar-refractivity contribution in [3.63, 3.8) is 0 Å². The molecule has 0 spiro atoms. The van der Waals surface area contributed by atoms with Crippen molar-refractivity contribution in [1.29, 1.82) is 0 Å². The van der Waals surface area contributed by atoms with Crippen LogP contribution < -0.4 is 9.46 Å². The van der Waals surface area contributed by atoms with Crippen molar-refractivity contribution >= 4 is 33.0 Å². The minimum absolute atomic E-state index is 0.0106. The average molecular weight is 487 g/mol. The van der Waals surface area contributed by atoms with Gasteiger partial charge < -0.3 is 14.4 Å². The Hall–Kier alpha value is -2.88. The van der Waals surface area contributed by atoms with Crippen molar-refractivity contribution in [1.82, 2.24) is 4.90 Å². The summed E-state index contributed by atoms with van der Waals surface area (Å²) in [5.74, 6) is 0.598. The monoisotopic (exact) mass is 486 g/mol. The first-order valence-corrected chi connectivity index (χ1v) is 13.0. The van der Waals surface area contributed by atoms with Crippen molar-refractivity contribution in [3.05, 3.63) is 77.2 Å². The molecule has 1 atom stereocenters. The molecule has 0 radical (unpaired) electrons. The van der Waals surface area contributed by atoms with Crippen molar-refractivity contribution < 1.29 is 22.7 Å². The fourth-order valence-electron chi connectivity index (χ4n) is 3.73. The molecule has 1 aromatic heterocycles. The maximum Gasteiger partial charge on any atom is 0.271 e. The van der Waals surface area contributed by atoms with E-state index in [1.165, 1.54) is 0 Å². The molecule has 0 aliphatic carbocycles. The zero-order chi connectivity index (χ0) is 23.3. The number of carbonyl (C=O) groups excluding carboxylic acids is 1. The Kier molecular flexibility index (Phi) is 7.32. The lowest BCUT2D eigenvalue weighted by molar-refractivity contribution is 0.0507. The Balaban J connectivity index is 1.51. The van der Waals surface area contributed by atoms with Crippen LogP contribution in [0.3, 0.4) is 0 Å². The molecule has 2 heterocycles. The average Bonchev–Trinajstić information content (AvgIpc) is 3.53. The van der Waals surface area contributed by atoms with Gasteiger partial charge in [-0.25, -0.2) is 8.42 Å². The predicted molar refractivity (Wildman–Crippen MR) is 128 cm³/mol. The number of hydrogen-bond donors (Lipinski definition) is 1. The lowest BCUT2D eigenvalue weighted by atomic mass is 10.1. The third-order valence-corrected chi connectivity index (χ3v) is 8.17. The summed E-state index contributed by atoms with van der Waals surface area (Å²) in [5.41, 5.74) is 1.84. The van der Waals surface area contributed by atoms with Crippen molar-refractivity contribution in [2.75, 3.05) is 25.0 Å². The minimum Gasteiger partial charge on any atom is -0.497 e. The van der Waals surface area contributed by atoms with E-state index in [1.54, 1.807) is 53.8 Å². The molecule has 1 fully saturated rings. The van der Waals surface area contributed by atoms with Gasteiger partial charge in [-0.1, -0.05) is 18.2 Å². The SMILES string of the molecule is COc1cccc(CN(CC2CCCO2)C(=O)c2ccc(NS(=O)(=O)c3cccs3)cc2)c1. The molecular formula is C24H26N2O5S2. The van der Waals surface area contributed by atoms with Crippen molar-refractivity contribution in [3.8, 4) is 5.75 Å². The molecule has 0 bridgehead atoms. The summed E-state index contributed by atoms with van der Waals surface area (Å²) in [6, 6.07) is 17.4. The third-order valence-electron chi connectivity index (χ3n) is 5.39. The summed E-state index contributed by atoms with van der Waals surface area (Å²) in [4.78, 5) is 15.2. The molecular weight excluding hydrogens is 460 g/mol. The van der Waals surface area contributed by atoms with Crippen LogP contribution in [0, 0.1) is 0 Å². The fourth-order valence-corrected chi connectivity index (χ4v) is 5.78. The van der Waals surface area contributed by atoms with Gasteiger partial charge in [-0.2, -0.15) is 0 Å². The maximum absolute atomic E-state index is 13.4. The van der Waals surface area contributed by atoms with Crippen LogP contribution in [0.5, 0.6) is 5.75 Å². The number of carbonyl (C=O) groups is 1. The van der Waals surface area contributed by atoms with E-state index in [1.807, 2.05) is 24.3 Å². The van der Waals surface area contributed by atoms with Gasteiger partial charge in [-0.15, -0.1) is 11.3 Å². The van der Waals surface area contributed by atoms with Crippen LogP contribution in [0.15, 0.2) is 70.3 Å². The standard InChI is InChI=1S/C24H26N2O5S2/c1-30-21-6-2-5-18(15-21)16-26(17-22-7-3-13-31-22)24(27)19-9-11-20(12-10-19)25-33(28,29)23-8-4-14-32-23/h2,4-6,8-12,14-15,22,25H,3,7,13,16-17H2,1H3. The Morgan fingerprint density at radius 2 is 2.00 bits per heavy atom. The number of amides is 1. The van der Waals surface area contributed by atoms with E-state index in [9.17, 15) is 13.2 Å². The lowest BCUT2D eigenvalue weighted by Gasteiger charge is -2.26. The Morgan fingerprint density at radius 3 is 2.67 bits per heavy atom. The van der Waals surface area contributed by atoms with E-state index in [2.05, 4.69) is 4.72 Å². The highest BCUT2D eigenvalue weighted by Crippen LogP contribution is 2.22. The molecule has 4 rings (SSSR count). The van der Waals surface area contributed by atoms with E-state index in [-0.39, 0.29) is 16.2 Å². The van der Waals surface area contributed by atoms with Gasteiger partial charge in [0.05, 0.1) is 13.2 Å². The Morgan fingerprint density at radius 1 is 1.18 bits per heavy atom. The maximum atomic E-state index is 13.4. The third kappa shape index (κ3) is 5.93. The molecule has 1 aliphatic heterocycles. The molecule has 1 saturated heterocycles. The molecule has 33 heavy (non-hydrogen) atoms. The summed E-state index contributed by atoms with van der Waals surface area (Å²) < 4.78 is 38.7. The summed E-state index contributed by atoms with van der Waals surface area (Å²) in [5, 5.41) is 1.71.